The second kappa shape index (κ2) is 8.54. The van der Waals surface area contributed by atoms with Gasteiger partial charge in [0.1, 0.15) is 5.60 Å². The van der Waals surface area contributed by atoms with E-state index in [1.807, 2.05) is 34.6 Å². The van der Waals surface area contributed by atoms with Gasteiger partial charge < -0.3 is 20.7 Å². The van der Waals surface area contributed by atoms with Crippen molar-refractivity contribution in [2.75, 3.05) is 26.7 Å². The molecule has 122 valence electrons. The number of ether oxygens (including phenoxy) is 1. The predicted molar refractivity (Wildman–Crippen MR) is 87.3 cm³/mol. The Morgan fingerprint density at radius 3 is 2.52 bits per heavy atom. The minimum Gasteiger partial charge on any atom is -0.444 e. The lowest BCUT2D eigenvalue weighted by atomic mass is 10.2. The highest BCUT2D eigenvalue weighted by Gasteiger charge is 2.20. The summed E-state index contributed by atoms with van der Waals surface area (Å²) >= 11 is 0. The third-order valence-electron chi connectivity index (χ3n) is 2.44. The van der Waals surface area contributed by atoms with Gasteiger partial charge in [-0.3, -0.25) is 4.99 Å². The van der Waals surface area contributed by atoms with Crippen molar-refractivity contribution in [3.8, 4) is 0 Å². The quantitative estimate of drug-likeness (QED) is 0.446. The van der Waals surface area contributed by atoms with Gasteiger partial charge in [-0.05, 0) is 33.6 Å². The number of carbonyl (C=O) groups excluding carboxylic acids is 1. The van der Waals surface area contributed by atoms with E-state index in [2.05, 4.69) is 16.9 Å². The molecule has 0 fully saturated rings. The predicted octanol–water partition coefficient (Wildman–Crippen LogP) is 1.97. The van der Waals surface area contributed by atoms with E-state index >= 15 is 0 Å². The van der Waals surface area contributed by atoms with Gasteiger partial charge in [0.15, 0.2) is 5.96 Å². The summed E-state index contributed by atoms with van der Waals surface area (Å²) in [7, 11) is 1.72. The van der Waals surface area contributed by atoms with Crippen molar-refractivity contribution in [2.24, 2.45) is 16.6 Å². The topological polar surface area (TPSA) is 80.0 Å². The maximum Gasteiger partial charge on any atom is 0.410 e. The molecule has 1 unspecified atom stereocenters. The minimum atomic E-state index is -0.483. The molecule has 3 N–H and O–H groups in total. The van der Waals surface area contributed by atoms with Crippen molar-refractivity contribution in [1.29, 1.82) is 0 Å². The van der Waals surface area contributed by atoms with E-state index in [0.717, 1.165) is 5.57 Å². The lowest BCUT2D eigenvalue weighted by Gasteiger charge is -2.26. The molecule has 0 spiro atoms. The summed E-state index contributed by atoms with van der Waals surface area (Å²) in [6.07, 6.45) is -0.327. The highest BCUT2D eigenvalue weighted by atomic mass is 16.6. The summed E-state index contributed by atoms with van der Waals surface area (Å²) in [5, 5.41) is 2.97. The van der Waals surface area contributed by atoms with Crippen molar-refractivity contribution < 1.29 is 9.53 Å². The zero-order chi connectivity index (χ0) is 16.6. The number of aliphatic imine (C=N–C) groups is 1. The third kappa shape index (κ3) is 10.7. The number of nitrogens with zero attached hydrogens (tertiary/aromatic N) is 2. The zero-order valence-corrected chi connectivity index (χ0v) is 14.2. The molecule has 6 heteroatoms. The Morgan fingerprint density at radius 1 is 1.48 bits per heavy atom. The average Bonchev–Trinajstić information content (AvgIpc) is 2.31. The smallest absolute Gasteiger partial charge is 0.410 e. The molecule has 1 atom stereocenters. The fourth-order valence-electron chi connectivity index (χ4n) is 1.49. The van der Waals surface area contributed by atoms with E-state index in [4.69, 9.17) is 10.5 Å². The number of rotatable bonds is 6. The largest absolute Gasteiger partial charge is 0.444 e. The van der Waals surface area contributed by atoms with Gasteiger partial charge in [0, 0.05) is 26.7 Å². The van der Waals surface area contributed by atoms with E-state index in [1.54, 1.807) is 11.9 Å². The van der Waals surface area contributed by atoms with Crippen LogP contribution in [0.5, 0.6) is 0 Å². The molecule has 0 saturated carbocycles. The molecule has 0 saturated heterocycles. The van der Waals surface area contributed by atoms with Gasteiger partial charge in [-0.25, -0.2) is 4.79 Å². The summed E-state index contributed by atoms with van der Waals surface area (Å²) in [4.78, 5) is 17.6. The first-order valence-corrected chi connectivity index (χ1v) is 7.13. The molecule has 0 aromatic carbocycles. The molecule has 21 heavy (non-hydrogen) atoms. The van der Waals surface area contributed by atoms with E-state index in [-0.39, 0.29) is 12.0 Å². The monoisotopic (exact) mass is 298 g/mol. The number of amides is 1. The molecule has 6 nitrogen and oxygen atoms in total. The van der Waals surface area contributed by atoms with Gasteiger partial charge in [-0.1, -0.05) is 19.1 Å². The number of guanidine groups is 1. The molecule has 0 aromatic rings. The highest BCUT2D eigenvalue weighted by molar-refractivity contribution is 5.78. The Kier molecular flexibility index (Phi) is 7.84. The van der Waals surface area contributed by atoms with Crippen molar-refractivity contribution in [2.45, 2.75) is 40.2 Å². The highest BCUT2D eigenvalue weighted by Crippen LogP contribution is 2.10. The number of nitrogens with one attached hydrogen (secondary N) is 1. The third-order valence-corrected chi connectivity index (χ3v) is 2.44. The van der Waals surface area contributed by atoms with Gasteiger partial charge in [-0.2, -0.15) is 0 Å². The lowest BCUT2D eigenvalue weighted by Crippen LogP contribution is -2.37. The molecule has 0 aliphatic rings. The molecule has 0 rings (SSSR count). The van der Waals surface area contributed by atoms with E-state index in [9.17, 15) is 4.79 Å². The molecular formula is C15H30N4O2. The summed E-state index contributed by atoms with van der Waals surface area (Å²) < 4.78 is 5.30. The molecule has 0 aromatic heterocycles. The first-order chi connectivity index (χ1) is 9.51. The lowest BCUT2D eigenvalue weighted by molar-refractivity contribution is 0.0279. The molecular weight excluding hydrogens is 268 g/mol. The maximum atomic E-state index is 11.8. The van der Waals surface area contributed by atoms with Gasteiger partial charge in [0.05, 0.1) is 0 Å². The van der Waals surface area contributed by atoms with Gasteiger partial charge in [-0.15, -0.1) is 0 Å². The second-order valence-corrected chi connectivity index (χ2v) is 6.50. The maximum absolute atomic E-state index is 11.8. The number of nitrogens with two attached hydrogens (primary N) is 1. The molecule has 0 bridgehead atoms. The fourth-order valence-corrected chi connectivity index (χ4v) is 1.49. The fraction of sp³-hybridized carbons (Fsp3) is 0.733. The Balaban J connectivity index is 4.18. The van der Waals surface area contributed by atoms with Crippen LogP contribution < -0.4 is 11.1 Å². The van der Waals surface area contributed by atoms with Gasteiger partial charge >= 0.3 is 6.09 Å². The Labute approximate surface area is 128 Å². The Morgan fingerprint density at radius 2 is 2.05 bits per heavy atom. The number of hydrogen-bond acceptors (Lipinski definition) is 3. The van der Waals surface area contributed by atoms with Crippen molar-refractivity contribution in [1.82, 2.24) is 10.2 Å². The first kappa shape index (κ1) is 19.3. The minimum absolute atomic E-state index is 0.188. The normalized spacial score (nSPS) is 13.5. The first-order valence-electron chi connectivity index (χ1n) is 7.13. The van der Waals surface area contributed by atoms with Gasteiger partial charge in [0.2, 0.25) is 0 Å². The van der Waals surface area contributed by atoms with Crippen LogP contribution in [0.3, 0.4) is 0 Å². The van der Waals surface area contributed by atoms with E-state index in [0.29, 0.717) is 25.6 Å². The molecule has 1 amide bonds. The standard InChI is InChI=1S/C15H30N4O2/c1-11(2)8-17-13(16)18-9-12(3)10-19(7)14(20)21-15(4,5)6/h12H,1,8-10H2,2-7H3,(H3,16,17,18). The number of hydrogen-bond donors (Lipinski definition) is 2. The van der Waals surface area contributed by atoms with Crippen LogP contribution in [-0.4, -0.2) is 49.2 Å². The second-order valence-electron chi connectivity index (χ2n) is 6.50. The van der Waals surface area contributed by atoms with Crippen LogP contribution >= 0.6 is 0 Å². The summed E-state index contributed by atoms with van der Waals surface area (Å²) in [5.41, 5.74) is 6.25. The number of carbonyl (C=O) groups is 1. The molecule has 0 aliphatic heterocycles. The van der Waals surface area contributed by atoms with Crippen molar-refractivity contribution in [3.05, 3.63) is 12.2 Å². The molecule has 0 radical (unpaired) electrons. The van der Waals surface area contributed by atoms with Crippen LogP contribution in [0.15, 0.2) is 17.1 Å². The molecule has 0 aliphatic carbocycles. The van der Waals surface area contributed by atoms with Gasteiger partial charge in [0.25, 0.3) is 0 Å². The SMILES string of the molecule is C=C(C)CNC(N)=NCC(C)CN(C)C(=O)OC(C)(C)C. The van der Waals surface area contributed by atoms with Crippen LogP contribution in [0.25, 0.3) is 0 Å². The van der Waals surface area contributed by atoms with Crippen LogP contribution in [0, 0.1) is 5.92 Å². The summed E-state index contributed by atoms with van der Waals surface area (Å²) in [6.45, 7) is 15.0. The summed E-state index contributed by atoms with van der Waals surface area (Å²) in [6, 6.07) is 0. The van der Waals surface area contributed by atoms with Crippen LogP contribution in [0.1, 0.15) is 34.6 Å². The van der Waals surface area contributed by atoms with Crippen molar-refractivity contribution >= 4 is 12.1 Å². The van der Waals surface area contributed by atoms with Crippen molar-refractivity contribution in [3.63, 3.8) is 0 Å². The van der Waals surface area contributed by atoms with Crippen LogP contribution in [-0.2, 0) is 4.74 Å². The van der Waals surface area contributed by atoms with Crippen LogP contribution in [0.2, 0.25) is 0 Å². The zero-order valence-electron chi connectivity index (χ0n) is 14.2. The van der Waals surface area contributed by atoms with E-state index in [1.165, 1.54) is 0 Å². The van der Waals surface area contributed by atoms with Crippen LogP contribution in [0.4, 0.5) is 4.79 Å². The Bertz CT molecular complexity index is 386. The summed E-state index contributed by atoms with van der Waals surface area (Å²) in [5.74, 6) is 0.581. The Hall–Kier alpha value is -1.72. The molecule has 0 heterocycles. The average molecular weight is 298 g/mol. The van der Waals surface area contributed by atoms with E-state index < -0.39 is 5.60 Å².